The van der Waals surface area contributed by atoms with Crippen molar-refractivity contribution < 1.29 is 9.59 Å². The van der Waals surface area contributed by atoms with Gasteiger partial charge in [-0.1, -0.05) is 43.2 Å². The van der Waals surface area contributed by atoms with Gasteiger partial charge in [-0.2, -0.15) is 0 Å². The van der Waals surface area contributed by atoms with Crippen LogP contribution in [0.4, 0.5) is 0 Å². The summed E-state index contributed by atoms with van der Waals surface area (Å²) >= 11 is 0. The molecule has 1 unspecified atom stereocenters. The van der Waals surface area contributed by atoms with Crippen LogP contribution in [0, 0.1) is 11.3 Å². The predicted octanol–water partition coefficient (Wildman–Crippen LogP) is 3.80. The van der Waals surface area contributed by atoms with Crippen LogP contribution < -0.4 is 0 Å². The lowest BCUT2D eigenvalue weighted by Gasteiger charge is -2.36. The molecule has 2 saturated carbocycles. The average Bonchev–Trinajstić information content (AvgIpc) is 2.90. The summed E-state index contributed by atoms with van der Waals surface area (Å²) in [5.41, 5.74) is 0.985. The van der Waals surface area contributed by atoms with E-state index in [2.05, 4.69) is 0 Å². The van der Waals surface area contributed by atoms with Gasteiger partial charge in [-0.05, 0) is 31.1 Å². The molecule has 2 nitrogen and oxygen atoms in total. The maximum atomic E-state index is 12.5. The first-order chi connectivity index (χ1) is 9.20. The normalized spacial score (nSPS) is 25.7. The minimum atomic E-state index is -0.380. The highest BCUT2D eigenvalue weighted by Crippen LogP contribution is 2.50. The van der Waals surface area contributed by atoms with Crippen molar-refractivity contribution in [3.05, 3.63) is 35.9 Å². The minimum Gasteiger partial charge on any atom is -0.299 e. The molecule has 1 aromatic rings. The van der Waals surface area contributed by atoms with Crippen molar-refractivity contribution in [3.8, 4) is 0 Å². The Morgan fingerprint density at radius 1 is 1.05 bits per heavy atom. The smallest absolute Gasteiger partial charge is 0.173 e. The molecule has 0 N–H and O–H groups in total. The highest BCUT2D eigenvalue weighted by molar-refractivity contribution is 6.11. The summed E-state index contributed by atoms with van der Waals surface area (Å²) in [4.78, 5) is 24.7. The van der Waals surface area contributed by atoms with Crippen molar-refractivity contribution in [3.63, 3.8) is 0 Å². The number of carbonyl (C=O) groups is 2. The van der Waals surface area contributed by atoms with Gasteiger partial charge in [-0.3, -0.25) is 9.59 Å². The summed E-state index contributed by atoms with van der Waals surface area (Å²) in [6.07, 6.45) is 7.34. The molecule has 2 heteroatoms. The van der Waals surface area contributed by atoms with Crippen LogP contribution in [-0.4, -0.2) is 11.6 Å². The lowest BCUT2D eigenvalue weighted by Crippen LogP contribution is -2.36. The van der Waals surface area contributed by atoms with Crippen molar-refractivity contribution in [2.45, 2.75) is 44.9 Å². The number of ketones is 2. The van der Waals surface area contributed by atoms with Crippen LogP contribution in [0.2, 0.25) is 0 Å². The van der Waals surface area contributed by atoms with Crippen molar-refractivity contribution >= 4 is 11.6 Å². The number of carbonyl (C=O) groups excluding carboxylic acids is 2. The third-order valence-electron chi connectivity index (χ3n) is 4.97. The number of hydrogen-bond donors (Lipinski definition) is 0. The van der Waals surface area contributed by atoms with E-state index in [1.54, 1.807) is 0 Å². The molecule has 0 bridgehead atoms. The van der Waals surface area contributed by atoms with Crippen LogP contribution in [0.25, 0.3) is 0 Å². The van der Waals surface area contributed by atoms with Crippen LogP contribution in [-0.2, 0) is 4.79 Å². The third kappa shape index (κ3) is 2.36. The van der Waals surface area contributed by atoms with E-state index in [4.69, 9.17) is 0 Å². The number of hydrogen-bond acceptors (Lipinski definition) is 2. The molecule has 3 rings (SSSR count). The second-order valence-corrected chi connectivity index (χ2v) is 6.16. The fourth-order valence-corrected chi connectivity index (χ4v) is 3.83. The molecular weight excluding hydrogens is 236 g/mol. The maximum Gasteiger partial charge on any atom is 0.173 e. The second-order valence-electron chi connectivity index (χ2n) is 6.16. The van der Waals surface area contributed by atoms with Crippen LogP contribution in [0.3, 0.4) is 0 Å². The monoisotopic (exact) mass is 256 g/mol. The van der Waals surface area contributed by atoms with Gasteiger partial charge < -0.3 is 0 Å². The Bertz CT molecular complexity index is 483. The van der Waals surface area contributed by atoms with Crippen molar-refractivity contribution in [2.24, 2.45) is 11.3 Å². The lowest BCUT2D eigenvalue weighted by molar-refractivity contribution is -0.125. The molecule has 2 aliphatic rings. The van der Waals surface area contributed by atoms with Gasteiger partial charge in [-0.25, -0.2) is 0 Å². The summed E-state index contributed by atoms with van der Waals surface area (Å²) in [6, 6.07) is 9.28. The van der Waals surface area contributed by atoms with E-state index in [1.165, 1.54) is 25.7 Å². The average molecular weight is 256 g/mol. The van der Waals surface area contributed by atoms with Crippen LogP contribution in [0.1, 0.15) is 55.3 Å². The highest BCUT2D eigenvalue weighted by atomic mass is 16.2. The van der Waals surface area contributed by atoms with Gasteiger partial charge in [0.25, 0.3) is 0 Å². The summed E-state index contributed by atoms with van der Waals surface area (Å²) in [6.45, 7) is 0. The van der Waals surface area contributed by atoms with E-state index >= 15 is 0 Å². The van der Waals surface area contributed by atoms with Gasteiger partial charge in [-0.15, -0.1) is 0 Å². The summed E-state index contributed by atoms with van der Waals surface area (Å²) < 4.78 is 0. The van der Waals surface area contributed by atoms with E-state index in [1.807, 2.05) is 30.3 Å². The van der Waals surface area contributed by atoms with Crippen LogP contribution >= 0.6 is 0 Å². The molecule has 100 valence electrons. The molecule has 0 saturated heterocycles. The van der Waals surface area contributed by atoms with E-state index in [0.29, 0.717) is 17.4 Å². The van der Waals surface area contributed by atoms with Gasteiger partial charge in [0, 0.05) is 12.0 Å². The molecule has 2 aliphatic carbocycles. The van der Waals surface area contributed by atoms with Gasteiger partial charge in [0.1, 0.15) is 5.78 Å². The molecule has 0 radical (unpaired) electrons. The zero-order valence-electron chi connectivity index (χ0n) is 11.2. The minimum absolute atomic E-state index is 0.0385. The largest absolute Gasteiger partial charge is 0.299 e. The zero-order valence-corrected chi connectivity index (χ0v) is 11.2. The Kier molecular flexibility index (Phi) is 3.26. The third-order valence-corrected chi connectivity index (χ3v) is 4.97. The van der Waals surface area contributed by atoms with E-state index in [9.17, 15) is 9.59 Å². The molecule has 2 fully saturated rings. The van der Waals surface area contributed by atoms with Crippen molar-refractivity contribution in [2.75, 3.05) is 0 Å². The summed E-state index contributed by atoms with van der Waals surface area (Å²) in [7, 11) is 0. The molecular formula is C17H20O2. The lowest BCUT2D eigenvalue weighted by atomic mass is 9.66. The molecule has 0 amide bonds. The number of rotatable bonds is 2. The molecule has 1 spiro atoms. The first-order valence-corrected chi connectivity index (χ1v) is 7.32. The first-order valence-electron chi connectivity index (χ1n) is 7.32. The quantitative estimate of drug-likeness (QED) is 0.596. The van der Waals surface area contributed by atoms with Gasteiger partial charge in [0.05, 0.1) is 5.92 Å². The molecule has 1 aromatic carbocycles. The zero-order chi connectivity index (χ0) is 13.3. The number of benzene rings is 1. The summed E-state index contributed by atoms with van der Waals surface area (Å²) in [5, 5.41) is 0. The first kappa shape index (κ1) is 12.6. The van der Waals surface area contributed by atoms with Crippen LogP contribution in [0.5, 0.6) is 0 Å². The second kappa shape index (κ2) is 4.92. The Morgan fingerprint density at radius 3 is 2.42 bits per heavy atom. The predicted molar refractivity (Wildman–Crippen MR) is 74.0 cm³/mol. The molecule has 19 heavy (non-hydrogen) atoms. The number of Topliss-reactive ketones (excluding diaryl/α,β-unsaturated/α-hetero) is 2. The van der Waals surface area contributed by atoms with Crippen molar-refractivity contribution in [1.82, 2.24) is 0 Å². The van der Waals surface area contributed by atoms with Gasteiger partial charge in [0.15, 0.2) is 5.78 Å². The molecule has 0 aromatic heterocycles. The van der Waals surface area contributed by atoms with Crippen LogP contribution in [0.15, 0.2) is 30.3 Å². The SMILES string of the molecule is O=C1CCC2(CCCC2)CC1C(=O)c1ccccc1. The van der Waals surface area contributed by atoms with E-state index in [-0.39, 0.29) is 17.5 Å². The van der Waals surface area contributed by atoms with Gasteiger partial charge in [0.2, 0.25) is 0 Å². The molecule has 1 atom stereocenters. The highest BCUT2D eigenvalue weighted by Gasteiger charge is 2.44. The van der Waals surface area contributed by atoms with E-state index < -0.39 is 0 Å². The maximum absolute atomic E-state index is 12.5. The molecule has 0 aliphatic heterocycles. The topological polar surface area (TPSA) is 34.1 Å². The fourth-order valence-electron chi connectivity index (χ4n) is 3.83. The standard InChI is InChI=1S/C17H20O2/c18-15-8-11-17(9-4-5-10-17)12-14(15)16(19)13-6-2-1-3-7-13/h1-3,6-7,14H,4-5,8-12H2. The molecule has 0 heterocycles. The Balaban J connectivity index is 1.82. The fraction of sp³-hybridized carbons (Fsp3) is 0.529. The Morgan fingerprint density at radius 2 is 1.74 bits per heavy atom. The summed E-state index contributed by atoms with van der Waals surface area (Å²) in [5.74, 6) is -0.183. The van der Waals surface area contributed by atoms with Crippen molar-refractivity contribution in [1.29, 1.82) is 0 Å². The van der Waals surface area contributed by atoms with E-state index in [0.717, 1.165) is 12.8 Å². The Labute approximate surface area is 114 Å². The Hall–Kier alpha value is -1.44. The van der Waals surface area contributed by atoms with Gasteiger partial charge >= 0.3 is 0 Å².